The van der Waals surface area contributed by atoms with Crippen LogP contribution < -0.4 is 5.32 Å². The van der Waals surface area contributed by atoms with Gasteiger partial charge in [-0.3, -0.25) is 4.39 Å². The smallest absolute Gasteiger partial charge is 0.0906 e. The molecule has 2 atom stereocenters. The first kappa shape index (κ1) is 11.9. The molecule has 3 heteroatoms. The van der Waals surface area contributed by atoms with Crippen molar-refractivity contribution in [1.82, 2.24) is 5.32 Å². The Bertz CT molecular complexity index is 141. The third kappa shape index (κ3) is 4.38. The number of halogens is 1. The number of nitrogens with one attached hydrogen (secondary N) is 1. The Kier molecular flexibility index (Phi) is 6.12. The van der Waals surface area contributed by atoms with E-state index in [1.807, 2.05) is 0 Å². The van der Waals surface area contributed by atoms with Crippen LogP contribution in [0.25, 0.3) is 0 Å². The zero-order valence-corrected chi connectivity index (χ0v) is 9.10. The van der Waals surface area contributed by atoms with E-state index in [1.54, 1.807) is 0 Å². The summed E-state index contributed by atoms with van der Waals surface area (Å²) in [6.07, 6.45) is 5.57. The van der Waals surface area contributed by atoms with Crippen molar-refractivity contribution >= 4 is 0 Å². The van der Waals surface area contributed by atoms with Gasteiger partial charge < -0.3 is 10.1 Å². The summed E-state index contributed by atoms with van der Waals surface area (Å²) >= 11 is 0. The molecule has 1 aliphatic rings. The fourth-order valence-electron chi connectivity index (χ4n) is 1.96. The fraction of sp³-hybridized carbons (Fsp3) is 1.00. The number of ether oxygens (including phenoxy) is 1. The molecule has 2 unspecified atom stereocenters. The van der Waals surface area contributed by atoms with Gasteiger partial charge in [0.1, 0.15) is 0 Å². The van der Waals surface area contributed by atoms with Crippen LogP contribution in [0.1, 0.15) is 39.0 Å². The minimum Gasteiger partial charge on any atom is -0.378 e. The molecule has 0 radical (unpaired) electrons. The maximum Gasteiger partial charge on any atom is 0.0906 e. The van der Waals surface area contributed by atoms with Crippen LogP contribution in [0, 0.1) is 0 Å². The van der Waals surface area contributed by atoms with Gasteiger partial charge in [-0.2, -0.15) is 0 Å². The first-order valence-corrected chi connectivity index (χ1v) is 5.77. The minimum atomic E-state index is -0.214. The van der Waals surface area contributed by atoms with Crippen LogP contribution >= 0.6 is 0 Å². The van der Waals surface area contributed by atoms with E-state index >= 15 is 0 Å². The van der Waals surface area contributed by atoms with Crippen LogP contribution in [0.15, 0.2) is 0 Å². The van der Waals surface area contributed by atoms with Crippen LogP contribution in [-0.2, 0) is 4.74 Å². The highest BCUT2D eigenvalue weighted by molar-refractivity contribution is 4.76. The van der Waals surface area contributed by atoms with Gasteiger partial charge in [-0.1, -0.05) is 13.3 Å². The van der Waals surface area contributed by atoms with Crippen molar-refractivity contribution in [3.63, 3.8) is 0 Å². The monoisotopic (exact) mass is 203 g/mol. The largest absolute Gasteiger partial charge is 0.378 e. The lowest BCUT2D eigenvalue weighted by molar-refractivity contribution is -0.00314. The van der Waals surface area contributed by atoms with E-state index in [2.05, 4.69) is 12.2 Å². The zero-order valence-electron chi connectivity index (χ0n) is 9.10. The first-order chi connectivity index (χ1) is 6.86. The Balaban J connectivity index is 2.12. The molecule has 0 aromatic heterocycles. The summed E-state index contributed by atoms with van der Waals surface area (Å²) in [6.45, 7) is 3.63. The number of hydrogen-bond acceptors (Lipinski definition) is 2. The summed E-state index contributed by atoms with van der Waals surface area (Å²) in [6, 6.07) is 0.548. The Morgan fingerprint density at radius 3 is 3.07 bits per heavy atom. The molecular formula is C11H22FNO. The Hall–Kier alpha value is -0.150. The first-order valence-electron chi connectivity index (χ1n) is 5.77. The normalized spacial score (nSPS) is 27.9. The molecule has 0 aromatic carbocycles. The van der Waals surface area contributed by atoms with E-state index in [0.29, 0.717) is 18.6 Å². The van der Waals surface area contributed by atoms with Crippen molar-refractivity contribution in [2.24, 2.45) is 0 Å². The summed E-state index contributed by atoms with van der Waals surface area (Å²) < 4.78 is 17.5. The lowest BCUT2D eigenvalue weighted by atomic mass is 10.00. The lowest BCUT2D eigenvalue weighted by Crippen LogP contribution is -2.39. The standard InChI is InChI=1S/C11H22FNO/c1-2-4-11-9-10(5-8-14-11)13-7-3-6-12/h10-11,13H,2-9H2,1H3. The average Bonchev–Trinajstić information content (AvgIpc) is 2.19. The molecule has 1 saturated heterocycles. The number of rotatable bonds is 6. The van der Waals surface area contributed by atoms with Gasteiger partial charge in [0.25, 0.3) is 0 Å². The Morgan fingerprint density at radius 1 is 1.50 bits per heavy atom. The molecule has 1 heterocycles. The molecule has 0 saturated carbocycles. The summed E-state index contributed by atoms with van der Waals surface area (Å²) in [7, 11) is 0. The highest BCUT2D eigenvalue weighted by atomic mass is 19.1. The van der Waals surface area contributed by atoms with Crippen molar-refractivity contribution in [2.75, 3.05) is 19.8 Å². The topological polar surface area (TPSA) is 21.3 Å². The van der Waals surface area contributed by atoms with Crippen molar-refractivity contribution in [1.29, 1.82) is 0 Å². The van der Waals surface area contributed by atoms with Crippen LogP contribution in [0.4, 0.5) is 4.39 Å². The molecule has 1 rings (SSSR count). The van der Waals surface area contributed by atoms with Crippen LogP contribution in [0.5, 0.6) is 0 Å². The second kappa shape index (κ2) is 7.18. The number of hydrogen-bond donors (Lipinski definition) is 1. The van der Waals surface area contributed by atoms with E-state index < -0.39 is 0 Å². The molecule has 14 heavy (non-hydrogen) atoms. The molecule has 2 nitrogen and oxygen atoms in total. The number of alkyl halides is 1. The highest BCUT2D eigenvalue weighted by Gasteiger charge is 2.20. The zero-order chi connectivity index (χ0) is 10.2. The molecule has 0 bridgehead atoms. The van der Waals surface area contributed by atoms with E-state index in [0.717, 1.165) is 32.4 Å². The van der Waals surface area contributed by atoms with Gasteiger partial charge >= 0.3 is 0 Å². The van der Waals surface area contributed by atoms with Gasteiger partial charge in [0, 0.05) is 12.6 Å². The Labute approximate surface area is 86.2 Å². The summed E-state index contributed by atoms with van der Waals surface area (Å²) in [5, 5.41) is 3.39. The molecular weight excluding hydrogens is 181 g/mol. The van der Waals surface area contributed by atoms with Crippen molar-refractivity contribution in [2.45, 2.75) is 51.2 Å². The fourth-order valence-corrected chi connectivity index (χ4v) is 1.96. The van der Waals surface area contributed by atoms with Crippen molar-refractivity contribution < 1.29 is 9.13 Å². The Morgan fingerprint density at radius 2 is 2.36 bits per heavy atom. The maximum absolute atomic E-state index is 11.9. The molecule has 0 aromatic rings. The van der Waals surface area contributed by atoms with Crippen LogP contribution in [0.3, 0.4) is 0 Å². The minimum absolute atomic E-state index is 0.214. The second-order valence-electron chi connectivity index (χ2n) is 4.00. The molecule has 1 N–H and O–H groups in total. The molecule has 0 amide bonds. The third-order valence-corrected chi connectivity index (χ3v) is 2.72. The van der Waals surface area contributed by atoms with E-state index in [1.165, 1.54) is 6.42 Å². The van der Waals surface area contributed by atoms with E-state index in [4.69, 9.17) is 4.74 Å². The van der Waals surface area contributed by atoms with Crippen molar-refractivity contribution in [3.05, 3.63) is 0 Å². The molecule has 1 fully saturated rings. The van der Waals surface area contributed by atoms with E-state index in [9.17, 15) is 4.39 Å². The van der Waals surface area contributed by atoms with Crippen LogP contribution in [-0.4, -0.2) is 32.0 Å². The van der Waals surface area contributed by atoms with Gasteiger partial charge in [-0.05, 0) is 32.2 Å². The molecule has 0 spiro atoms. The predicted molar refractivity (Wildman–Crippen MR) is 56.3 cm³/mol. The molecule has 1 aliphatic heterocycles. The predicted octanol–water partition coefficient (Wildman–Crippen LogP) is 2.28. The van der Waals surface area contributed by atoms with Crippen LogP contribution in [0.2, 0.25) is 0 Å². The van der Waals surface area contributed by atoms with Gasteiger partial charge in [-0.15, -0.1) is 0 Å². The third-order valence-electron chi connectivity index (χ3n) is 2.72. The second-order valence-corrected chi connectivity index (χ2v) is 4.00. The quantitative estimate of drug-likeness (QED) is 0.669. The summed E-state index contributed by atoms with van der Waals surface area (Å²) in [5.41, 5.74) is 0. The lowest BCUT2D eigenvalue weighted by Gasteiger charge is -2.30. The van der Waals surface area contributed by atoms with E-state index in [-0.39, 0.29) is 6.67 Å². The maximum atomic E-state index is 11.9. The average molecular weight is 203 g/mol. The van der Waals surface area contributed by atoms with Gasteiger partial charge in [0.15, 0.2) is 0 Å². The van der Waals surface area contributed by atoms with Gasteiger partial charge in [-0.25, -0.2) is 0 Å². The van der Waals surface area contributed by atoms with Crippen molar-refractivity contribution in [3.8, 4) is 0 Å². The SMILES string of the molecule is CCCC1CC(NCCCF)CCO1. The molecule has 84 valence electrons. The highest BCUT2D eigenvalue weighted by Crippen LogP contribution is 2.17. The summed E-state index contributed by atoms with van der Waals surface area (Å²) in [5.74, 6) is 0. The summed E-state index contributed by atoms with van der Waals surface area (Å²) in [4.78, 5) is 0. The molecule has 0 aliphatic carbocycles. The van der Waals surface area contributed by atoms with Gasteiger partial charge in [0.2, 0.25) is 0 Å². The van der Waals surface area contributed by atoms with Gasteiger partial charge in [0.05, 0.1) is 12.8 Å².